The molecule has 0 aliphatic carbocycles. The summed E-state index contributed by atoms with van der Waals surface area (Å²) in [6.07, 6.45) is 0. The lowest BCUT2D eigenvalue weighted by atomic mass is 10.0. The van der Waals surface area contributed by atoms with Gasteiger partial charge >= 0.3 is 0 Å². The van der Waals surface area contributed by atoms with Crippen molar-refractivity contribution in [3.8, 4) is 50.7 Å². The monoisotopic (exact) mass is 1360 g/mol. The van der Waals surface area contributed by atoms with Crippen LogP contribution in [0.5, 0.6) is 0 Å². The second kappa shape index (κ2) is 23.1. The lowest BCUT2D eigenvalue weighted by Crippen LogP contribution is -2.03. The quantitative estimate of drug-likeness (QED) is 0.174. The van der Waals surface area contributed by atoms with Crippen molar-refractivity contribution in [2.24, 2.45) is 0 Å². The summed E-state index contributed by atoms with van der Waals surface area (Å²) in [5.41, 5.74) is 22.8. The fourth-order valence-electron chi connectivity index (χ4n) is 17.0. The molecule has 1 N–H and O–H groups in total. The van der Waals surface area contributed by atoms with Gasteiger partial charge in [-0.3, -0.25) is 4.57 Å². The Morgan fingerprint density at radius 2 is 0.676 bits per heavy atom. The van der Waals surface area contributed by atoms with E-state index in [1.165, 1.54) is 153 Å². The van der Waals surface area contributed by atoms with Gasteiger partial charge in [0, 0.05) is 92.1 Å². The molecule has 24 aromatic rings. The zero-order valence-corrected chi connectivity index (χ0v) is 57.1. The van der Waals surface area contributed by atoms with E-state index in [0.29, 0.717) is 5.95 Å². The maximum absolute atomic E-state index is 6.07. The molecule has 8 aromatic heterocycles. The topological polar surface area (TPSA) is 81.1 Å². The summed E-state index contributed by atoms with van der Waals surface area (Å²) in [6, 6.07) is 121. The van der Waals surface area contributed by atoms with Crippen LogP contribution in [0.2, 0.25) is 5.28 Å². The van der Waals surface area contributed by atoms with Gasteiger partial charge in [-0.05, 0) is 128 Å². The van der Waals surface area contributed by atoms with Crippen molar-refractivity contribution in [3.05, 3.63) is 345 Å². The SMILES string of the molecule is Clc1nc(-c2ccc3ccccc3c2)c2ccccc2n1.c1ccc(-c2ccc3c4cc5c6ccccc6[nH]c5c5c6ccccc6n(c3c2)c45)cc1.c1ccc(-c2ccc3c4cc5c6ccccc6n(-c6nc(-c7ccc8ccccc8c7)c7ccccc7n6)c5c5c6ccccc6n(c3c2)c45)cc1. The summed E-state index contributed by atoms with van der Waals surface area (Å²) in [7, 11) is 0. The number of H-pyrrole nitrogens is 1. The maximum atomic E-state index is 6.07. The molecule has 8 heterocycles. The van der Waals surface area contributed by atoms with E-state index >= 15 is 0 Å². The Labute approximate surface area is 604 Å². The normalized spacial score (nSPS) is 12.0. The van der Waals surface area contributed by atoms with Crippen molar-refractivity contribution in [2.75, 3.05) is 0 Å². The van der Waals surface area contributed by atoms with Crippen LogP contribution in [0.15, 0.2) is 340 Å². The highest BCUT2D eigenvalue weighted by Gasteiger charge is 2.27. The molecule has 24 rings (SSSR count). The fourth-order valence-corrected chi connectivity index (χ4v) is 17.2. The first-order valence-corrected chi connectivity index (χ1v) is 35.9. The smallest absolute Gasteiger partial charge is 0.235 e. The summed E-state index contributed by atoms with van der Waals surface area (Å²) < 4.78 is 7.26. The minimum Gasteiger partial charge on any atom is -0.354 e. The molecule has 0 aliphatic heterocycles. The molecule has 16 aromatic carbocycles. The van der Waals surface area contributed by atoms with Crippen LogP contribution in [-0.4, -0.2) is 38.3 Å². The van der Waals surface area contributed by atoms with Gasteiger partial charge in [-0.2, -0.15) is 0 Å². The van der Waals surface area contributed by atoms with Crippen LogP contribution < -0.4 is 0 Å². The van der Waals surface area contributed by atoms with Crippen LogP contribution in [-0.2, 0) is 0 Å². The summed E-state index contributed by atoms with van der Waals surface area (Å²) >= 11 is 6.07. The van der Waals surface area contributed by atoms with Gasteiger partial charge in [0.15, 0.2) is 0 Å². The number of hydrogen-bond donors (Lipinski definition) is 1. The number of rotatable bonds is 5. The standard InChI is InChI=1S/C48H28N4.C30H18N2.C18H11ClN2/c1-2-12-29(13-3-1)32-24-25-35-39-28-38-34-16-7-10-20-41(34)52(47(38)44-37-18-8-11-21-42(37)51(46(39)44)43(35)27-32)48-49-40-19-9-6-17-36(40)45(50-48)33-23-22-30-14-4-5-15-31(30)26-33;1-2-8-18(9-3-1)19-14-15-21-24-17-23-20-10-4-6-12-25(20)31-29(23)28-22-11-5-7-13-26(22)32(30(24)28)27(21)16-19;19-18-20-16-8-4-3-7-15(16)17(21-18)14-10-9-12-5-1-2-6-13(12)11-14/h1-28H;1-17,31H;1-11H. The summed E-state index contributed by atoms with van der Waals surface area (Å²) in [5.74, 6) is 0.669. The Kier molecular flexibility index (Phi) is 13.0. The van der Waals surface area contributed by atoms with Crippen molar-refractivity contribution < 1.29 is 0 Å². The molecule has 0 aliphatic rings. The number of nitrogens with zero attached hydrogens (tertiary/aromatic N) is 7. The Balaban J connectivity index is 0.000000110. The van der Waals surface area contributed by atoms with Gasteiger partial charge in [-0.15, -0.1) is 0 Å². The van der Waals surface area contributed by atoms with Crippen molar-refractivity contribution in [1.29, 1.82) is 0 Å². The van der Waals surface area contributed by atoms with E-state index in [-0.39, 0.29) is 5.28 Å². The predicted molar refractivity (Wildman–Crippen MR) is 440 cm³/mol. The first-order chi connectivity index (χ1) is 52.0. The van der Waals surface area contributed by atoms with E-state index in [9.17, 15) is 0 Å². The van der Waals surface area contributed by atoms with Crippen molar-refractivity contribution in [3.63, 3.8) is 0 Å². The number of benzene rings is 16. The lowest BCUT2D eigenvalue weighted by Gasteiger charge is -2.13. The van der Waals surface area contributed by atoms with E-state index in [0.717, 1.165) is 55.4 Å². The van der Waals surface area contributed by atoms with Gasteiger partial charge in [0.05, 0.1) is 72.1 Å². The molecule has 0 spiro atoms. The molecule has 0 saturated carbocycles. The summed E-state index contributed by atoms with van der Waals surface area (Å²) in [5, 5.41) is 22.3. The highest BCUT2D eigenvalue weighted by atomic mass is 35.5. The number of aromatic nitrogens is 8. The zero-order chi connectivity index (χ0) is 69.0. The summed E-state index contributed by atoms with van der Waals surface area (Å²) in [4.78, 5) is 23.3. The van der Waals surface area contributed by atoms with Crippen LogP contribution in [0, 0.1) is 0 Å². The second-order valence-corrected chi connectivity index (χ2v) is 27.7. The van der Waals surface area contributed by atoms with Crippen LogP contribution >= 0.6 is 11.6 Å². The highest BCUT2D eigenvalue weighted by Crippen LogP contribution is 2.49. The van der Waals surface area contributed by atoms with Crippen LogP contribution in [0.1, 0.15) is 0 Å². The Morgan fingerprint density at radius 3 is 1.28 bits per heavy atom. The van der Waals surface area contributed by atoms with E-state index in [1.807, 2.05) is 36.4 Å². The molecule has 8 nitrogen and oxygen atoms in total. The van der Waals surface area contributed by atoms with Crippen LogP contribution in [0.3, 0.4) is 0 Å². The van der Waals surface area contributed by atoms with E-state index < -0.39 is 0 Å². The number of fused-ring (bicyclic) bond motifs is 24. The first kappa shape index (κ1) is 59.0. The molecule has 0 fully saturated rings. The number of para-hydroxylation sites is 6. The van der Waals surface area contributed by atoms with Gasteiger partial charge in [0.25, 0.3) is 0 Å². The minimum absolute atomic E-state index is 0.275. The van der Waals surface area contributed by atoms with Gasteiger partial charge in [0.1, 0.15) is 0 Å². The third-order valence-corrected chi connectivity index (χ3v) is 21.8. The first-order valence-electron chi connectivity index (χ1n) is 35.5. The molecule has 488 valence electrons. The zero-order valence-electron chi connectivity index (χ0n) is 56.3. The molecule has 0 saturated heterocycles. The van der Waals surface area contributed by atoms with Gasteiger partial charge in [-0.25, -0.2) is 19.9 Å². The highest BCUT2D eigenvalue weighted by molar-refractivity contribution is 6.36. The summed E-state index contributed by atoms with van der Waals surface area (Å²) in [6.45, 7) is 0. The molecule has 0 atom stereocenters. The van der Waals surface area contributed by atoms with Crippen molar-refractivity contribution in [2.45, 2.75) is 0 Å². The average molecular weight is 1360 g/mol. The largest absolute Gasteiger partial charge is 0.354 e. The van der Waals surface area contributed by atoms with Gasteiger partial charge in [0.2, 0.25) is 11.2 Å². The predicted octanol–water partition coefficient (Wildman–Crippen LogP) is 25.6. The number of halogens is 1. The van der Waals surface area contributed by atoms with E-state index in [1.54, 1.807) is 0 Å². The van der Waals surface area contributed by atoms with E-state index in [4.69, 9.17) is 21.6 Å². The number of hydrogen-bond acceptors (Lipinski definition) is 4. The molecule has 0 bridgehead atoms. The molecule has 105 heavy (non-hydrogen) atoms. The van der Waals surface area contributed by atoms with Gasteiger partial charge < -0.3 is 13.8 Å². The average Bonchev–Trinajstić information content (AvgIpc) is 1.52. The van der Waals surface area contributed by atoms with E-state index in [2.05, 4.69) is 332 Å². The number of nitrogens with one attached hydrogen (secondary N) is 1. The number of aromatic amines is 1. The molecule has 0 radical (unpaired) electrons. The molecule has 0 unspecified atom stereocenters. The Hall–Kier alpha value is -13.8. The molecule has 0 amide bonds. The van der Waals surface area contributed by atoms with Crippen molar-refractivity contribution in [1.82, 2.24) is 38.3 Å². The molecular weight excluding hydrogens is 1300 g/mol. The van der Waals surface area contributed by atoms with Gasteiger partial charge in [-0.1, -0.05) is 267 Å². The molecular formula is C96H57ClN8. The molecule has 9 heteroatoms. The fraction of sp³-hybridized carbons (Fsp3) is 0. The lowest BCUT2D eigenvalue weighted by molar-refractivity contribution is 1.02. The minimum atomic E-state index is 0.275. The Bertz CT molecular complexity index is 7680. The third-order valence-electron chi connectivity index (χ3n) is 21.7. The van der Waals surface area contributed by atoms with Crippen LogP contribution in [0.4, 0.5) is 0 Å². The second-order valence-electron chi connectivity index (χ2n) is 27.4. The third kappa shape index (κ3) is 9.07. The Morgan fingerprint density at radius 1 is 0.248 bits per heavy atom. The van der Waals surface area contributed by atoms with Crippen LogP contribution in [0.25, 0.3) is 214 Å². The van der Waals surface area contributed by atoms with Crippen molar-refractivity contribution >= 4 is 175 Å². The maximum Gasteiger partial charge on any atom is 0.235 e.